The maximum absolute atomic E-state index is 13.4. The highest BCUT2D eigenvalue weighted by Crippen LogP contribution is 2.21. The molecule has 0 aliphatic heterocycles. The molecular formula is C27H36FN3O5S. The molecule has 0 heterocycles. The van der Waals surface area contributed by atoms with Gasteiger partial charge in [-0.1, -0.05) is 25.0 Å². The molecule has 1 saturated carbocycles. The summed E-state index contributed by atoms with van der Waals surface area (Å²) in [5.74, 6) is -0.225. The van der Waals surface area contributed by atoms with E-state index in [0.717, 1.165) is 41.8 Å². The first kappa shape index (κ1) is 28.4. The molecule has 3 rings (SSSR count). The van der Waals surface area contributed by atoms with E-state index in [-0.39, 0.29) is 43.8 Å². The van der Waals surface area contributed by atoms with Crippen LogP contribution >= 0.6 is 0 Å². The van der Waals surface area contributed by atoms with Gasteiger partial charge in [-0.2, -0.15) is 0 Å². The van der Waals surface area contributed by atoms with Gasteiger partial charge in [0, 0.05) is 25.6 Å². The monoisotopic (exact) mass is 533 g/mol. The lowest BCUT2D eigenvalue weighted by atomic mass is 10.1. The predicted octanol–water partition coefficient (Wildman–Crippen LogP) is 3.86. The zero-order valence-corrected chi connectivity index (χ0v) is 22.5. The van der Waals surface area contributed by atoms with Gasteiger partial charge in [-0.25, -0.2) is 12.8 Å². The number of amides is 2. The van der Waals surface area contributed by atoms with Gasteiger partial charge in [0.2, 0.25) is 21.8 Å². The van der Waals surface area contributed by atoms with Crippen molar-refractivity contribution in [3.05, 3.63) is 59.9 Å². The zero-order chi connectivity index (χ0) is 27.0. The minimum atomic E-state index is -3.64. The van der Waals surface area contributed by atoms with E-state index in [1.165, 1.54) is 29.2 Å². The number of hydrogen-bond donors (Lipinski definition) is 1. The van der Waals surface area contributed by atoms with Crippen LogP contribution in [0.4, 0.5) is 10.1 Å². The summed E-state index contributed by atoms with van der Waals surface area (Å²) in [5, 5.41) is 3.07. The van der Waals surface area contributed by atoms with Crippen molar-refractivity contribution in [2.45, 2.75) is 64.1 Å². The molecule has 0 saturated heterocycles. The Morgan fingerprint density at radius 1 is 1.08 bits per heavy atom. The Kier molecular flexibility index (Phi) is 9.91. The van der Waals surface area contributed by atoms with Crippen LogP contribution in [0.5, 0.6) is 5.75 Å². The number of hydrogen-bond acceptors (Lipinski definition) is 5. The van der Waals surface area contributed by atoms with Crippen LogP contribution in [-0.4, -0.2) is 57.1 Å². The van der Waals surface area contributed by atoms with Crippen molar-refractivity contribution in [1.82, 2.24) is 10.2 Å². The number of benzene rings is 2. The average Bonchev–Trinajstić information content (AvgIpc) is 3.38. The van der Waals surface area contributed by atoms with Crippen LogP contribution in [0.1, 0.15) is 51.0 Å². The van der Waals surface area contributed by atoms with Crippen molar-refractivity contribution >= 4 is 27.5 Å². The lowest BCUT2D eigenvalue weighted by Crippen LogP contribution is -2.49. The fourth-order valence-corrected chi connectivity index (χ4v) is 5.48. The third-order valence-corrected chi connectivity index (χ3v) is 7.84. The lowest BCUT2D eigenvalue weighted by Gasteiger charge is -2.30. The first-order valence-electron chi connectivity index (χ1n) is 12.5. The standard InChI is InChI=1S/C27H36FN3O5S/c1-20(27(33)29-23-7-4-5-8-23)30(19-21-10-16-25(36-2)17-11-21)26(32)9-6-18-31(37(3,34)35)24-14-12-22(28)13-15-24/h10-17,20,23H,4-9,18-19H2,1-3H3,(H,29,33). The number of carbonyl (C=O) groups is 2. The van der Waals surface area contributed by atoms with Crippen LogP contribution in [0.3, 0.4) is 0 Å². The van der Waals surface area contributed by atoms with Gasteiger partial charge in [-0.05, 0) is 68.1 Å². The highest BCUT2D eigenvalue weighted by molar-refractivity contribution is 7.92. The molecule has 202 valence electrons. The molecule has 1 atom stereocenters. The van der Waals surface area contributed by atoms with Crippen molar-refractivity contribution in [2.75, 3.05) is 24.2 Å². The zero-order valence-electron chi connectivity index (χ0n) is 21.7. The van der Waals surface area contributed by atoms with Gasteiger partial charge in [0.1, 0.15) is 17.6 Å². The Hall–Kier alpha value is -3.14. The van der Waals surface area contributed by atoms with E-state index >= 15 is 0 Å². The van der Waals surface area contributed by atoms with Crippen LogP contribution in [0.25, 0.3) is 0 Å². The van der Waals surface area contributed by atoms with Crippen LogP contribution in [-0.2, 0) is 26.2 Å². The summed E-state index contributed by atoms with van der Waals surface area (Å²) in [5.41, 5.74) is 1.18. The fraction of sp³-hybridized carbons (Fsp3) is 0.481. The van der Waals surface area contributed by atoms with Crippen molar-refractivity contribution in [1.29, 1.82) is 0 Å². The Balaban J connectivity index is 1.71. The molecular weight excluding hydrogens is 497 g/mol. The number of nitrogens with one attached hydrogen (secondary N) is 1. The maximum atomic E-state index is 13.4. The number of halogens is 1. The number of methoxy groups -OCH3 is 1. The number of rotatable bonds is 12. The third-order valence-electron chi connectivity index (χ3n) is 6.65. The number of anilines is 1. The van der Waals surface area contributed by atoms with E-state index in [0.29, 0.717) is 11.4 Å². The molecule has 37 heavy (non-hydrogen) atoms. The number of sulfonamides is 1. The second-order valence-corrected chi connectivity index (χ2v) is 11.4. The molecule has 0 radical (unpaired) electrons. The van der Waals surface area contributed by atoms with Gasteiger partial charge in [0.15, 0.2) is 0 Å². The molecule has 0 spiro atoms. The SMILES string of the molecule is COc1ccc(CN(C(=O)CCCN(c2ccc(F)cc2)S(C)(=O)=O)C(C)C(=O)NC2CCCC2)cc1. The summed E-state index contributed by atoms with van der Waals surface area (Å²) in [7, 11) is -2.06. The highest BCUT2D eigenvalue weighted by Gasteiger charge is 2.28. The molecule has 2 aromatic carbocycles. The van der Waals surface area contributed by atoms with Crippen molar-refractivity contribution in [3.63, 3.8) is 0 Å². The first-order valence-corrected chi connectivity index (χ1v) is 14.4. The molecule has 8 nitrogen and oxygen atoms in total. The highest BCUT2D eigenvalue weighted by atomic mass is 32.2. The summed E-state index contributed by atoms with van der Waals surface area (Å²) in [6.45, 7) is 2.00. The van der Waals surface area contributed by atoms with Gasteiger partial charge < -0.3 is 15.0 Å². The molecule has 2 amide bonds. The molecule has 2 aromatic rings. The minimum absolute atomic E-state index is 0.0460. The van der Waals surface area contributed by atoms with Crippen molar-refractivity contribution < 1.29 is 27.1 Å². The predicted molar refractivity (Wildman–Crippen MR) is 141 cm³/mol. The Morgan fingerprint density at radius 2 is 1.70 bits per heavy atom. The third kappa shape index (κ3) is 8.18. The molecule has 1 aliphatic rings. The largest absolute Gasteiger partial charge is 0.497 e. The molecule has 1 unspecified atom stereocenters. The van der Waals surface area contributed by atoms with E-state index in [1.54, 1.807) is 26.2 Å². The Bertz CT molecular complexity index is 1150. The van der Waals surface area contributed by atoms with Gasteiger partial charge in [0.05, 0.1) is 19.1 Å². The number of ether oxygens (including phenoxy) is 1. The molecule has 1 aliphatic carbocycles. The second kappa shape index (κ2) is 12.9. The Labute approximate surface area is 218 Å². The summed E-state index contributed by atoms with van der Waals surface area (Å²) >= 11 is 0. The van der Waals surface area contributed by atoms with Crippen LogP contribution in [0.2, 0.25) is 0 Å². The van der Waals surface area contributed by atoms with Crippen LogP contribution < -0.4 is 14.4 Å². The van der Waals surface area contributed by atoms with Crippen LogP contribution in [0, 0.1) is 5.82 Å². The van der Waals surface area contributed by atoms with Gasteiger partial charge in [0.25, 0.3) is 0 Å². The van der Waals surface area contributed by atoms with Gasteiger partial charge in [-0.15, -0.1) is 0 Å². The smallest absolute Gasteiger partial charge is 0.242 e. The van der Waals surface area contributed by atoms with E-state index in [9.17, 15) is 22.4 Å². The molecule has 0 aromatic heterocycles. The van der Waals surface area contributed by atoms with E-state index in [1.807, 2.05) is 12.1 Å². The summed E-state index contributed by atoms with van der Waals surface area (Å²) < 4.78 is 44.4. The van der Waals surface area contributed by atoms with Crippen molar-refractivity contribution in [3.8, 4) is 5.75 Å². The topological polar surface area (TPSA) is 96.0 Å². The van der Waals surface area contributed by atoms with Gasteiger partial charge >= 0.3 is 0 Å². The van der Waals surface area contributed by atoms with E-state index in [2.05, 4.69) is 5.32 Å². The summed E-state index contributed by atoms with van der Waals surface area (Å²) in [6.07, 6.45) is 5.40. The molecule has 0 bridgehead atoms. The van der Waals surface area contributed by atoms with Crippen LogP contribution in [0.15, 0.2) is 48.5 Å². The number of nitrogens with zero attached hydrogens (tertiary/aromatic N) is 2. The normalized spacial score (nSPS) is 14.7. The quantitative estimate of drug-likeness (QED) is 0.447. The molecule has 10 heteroatoms. The minimum Gasteiger partial charge on any atom is -0.497 e. The molecule has 1 fully saturated rings. The Morgan fingerprint density at radius 3 is 2.27 bits per heavy atom. The summed E-state index contributed by atoms with van der Waals surface area (Å²) in [4.78, 5) is 27.9. The summed E-state index contributed by atoms with van der Waals surface area (Å²) in [6, 6.07) is 11.9. The van der Waals surface area contributed by atoms with E-state index in [4.69, 9.17) is 4.74 Å². The maximum Gasteiger partial charge on any atom is 0.242 e. The average molecular weight is 534 g/mol. The van der Waals surface area contributed by atoms with E-state index < -0.39 is 21.9 Å². The van der Waals surface area contributed by atoms with Crippen molar-refractivity contribution in [2.24, 2.45) is 0 Å². The molecule has 1 N–H and O–H groups in total. The van der Waals surface area contributed by atoms with Gasteiger partial charge in [-0.3, -0.25) is 13.9 Å². The fourth-order valence-electron chi connectivity index (χ4n) is 4.51. The second-order valence-electron chi connectivity index (χ2n) is 9.45. The first-order chi connectivity index (χ1) is 17.6. The number of carbonyl (C=O) groups excluding carboxylic acids is 2. The lowest BCUT2D eigenvalue weighted by molar-refractivity contribution is -0.141.